The smallest absolute Gasteiger partial charge is 0.163 e. The van der Waals surface area contributed by atoms with Crippen LogP contribution in [0.5, 0.6) is 5.75 Å². The standard InChI is InChI=1S/C26H22ClFN2O2/c1-32-17-11-9-15(10-12-17)16-13-22-25(23(31)14-16)26(24-18(27)5-4-6-19(24)28)30-21-8-3-2-7-20(21)29-22/h2-12,16,26,29-30H,13-14H2,1H3/t16-,26-/m0/s1. The number of nitrogens with one attached hydrogen (secondary N) is 2. The molecule has 0 bridgehead atoms. The van der Waals surface area contributed by atoms with Crippen LogP contribution in [0, 0.1) is 5.82 Å². The molecular formula is C26H22ClFN2O2. The second-order valence-electron chi connectivity index (χ2n) is 8.08. The van der Waals surface area contributed by atoms with Crippen LogP contribution in [0.25, 0.3) is 0 Å². The van der Waals surface area contributed by atoms with Gasteiger partial charge in [-0.05, 0) is 54.3 Å². The van der Waals surface area contributed by atoms with Crippen LogP contribution in [-0.2, 0) is 4.79 Å². The Bertz CT molecular complexity index is 1200. The molecule has 0 aromatic heterocycles. The molecule has 0 saturated heterocycles. The maximum Gasteiger partial charge on any atom is 0.163 e. The Morgan fingerprint density at radius 1 is 0.969 bits per heavy atom. The van der Waals surface area contributed by atoms with Crippen LogP contribution in [0.2, 0.25) is 5.02 Å². The first-order chi connectivity index (χ1) is 15.5. The van der Waals surface area contributed by atoms with Gasteiger partial charge < -0.3 is 15.4 Å². The van der Waals surface area contributed by atoms with E-state index in [9.17, 15) is 9.18 Å². The van der Waals surface area contributed by atoms with E-state index in [4.69, 9.17) is 16.3 Å². The first-order valence-electron chi connectivity index (χ1n) is 10.5. The summed E-state index contributed by atoms with van der Waals surface area (Å²) in [6.45, 7) is 0. The Morgan fingerprint density at radius 2 is 1.72 bits per heavy atom. The fraction of sp³-hybridized carbons (Fsp3) is 0.192. The molecule has 1 aliphatic heterocycles. The minimum Gasteiger partial charge on any atom is -0.497 e. The number of anilines is 2. The van der Waals surface area contributed by atoms with E-state index < -0.39 is 11.9 Å². The minimum absolute atomic E-state index is 0.0154. The van der Waals surface area contributed by atoms with Crippen LogP contribution in [0.15, 0.2) is 78.0 Å². The molecule has 0 radical (unpaired) electrons. The van der Waals surface area contributed by atoms with Gasteiger partial charge in [-0.3, -0.25) is 4.79 Å². The fourth-order valence-electron chi connectivity index (χ4n) is 4.61. The molecule has 2 N–H and O–H groups in total. The van der Waals surface area contributed by atoms with Gasteiger partial charge in [0.05, 0.1) is 24.5 Å². The zero-order chi connectivity index (χ0) is 22.2. The van der Waals surface area contributed by atoms with Gasteiger partial charge in [0.2, 0.25) is 0 Å². The molecule has 1 aliphatic carbocycles. The van der Waals surface area contributed by atoms with Crippen molar-refractivity contribution in [1.82, 2.24) is 0 Å². The first-order valence-corrected chi connectivity index (χ1v) is 10.9. The number of Topliss-reactive ketones (excluding diaryl/α,β-unsaturated/α-hetero) is 1. The van der Waals surface area contributed by atoms with Gasteiger partial charge in [-0.2, -0.15) is 0 Å². The van der Waals surface area contributed by atoms with Crippen LogP contribution >= 0.6 is 11.6 Å². The van der Waals surface area contributed by atoms with E-state index in [1.54, 1.807) is 19.2 Å². The molecule has 0 saturated carbocycles. The summed E-state index contributed by atoms with van der Waals surface area (Å²) >= 11 is 6.43. The summed E-state index contributed by atoms with van der Waals surface area (Å²) in [7, 11) is 1.63. The topological polar surface area (TPSA) is 50.4 Å². The van der Waals surface area contributed by atoms with Crippen molar-refractivity contribution in [1.29, 1.82) is 0 Å². The molecule has 2 atom stereocenters. The summed E-state index contributed by atoms with van der Waals surface area (Å²) < 4.78 is 20.2. The van der Waals surface area contributed by atoms with Gasteiger partial charge in [-0.15, -0.1) is 0 Å². The number of fused-ring (bicyclic) bond motifs is 1. The van der Waals surface area contributed by atoms with Crippen molar-refractivity contribution in [3.05, 3.63) is 100.0 Å². The highest BCUT2D eigenvalue weighted by molar-refractivity contribution is 6.31. The third-order valence-electron chi connectivity index (χ3n) is 6.18. The molecule has 0 spiro atoms. The Hall–Kier alpha value is -3.31. The highest BCUT2D eigenvalue weighted by Crippen LogP contribution is 2.45. The fourth-order valence-corrected chi connectivity index (χ4v) is 4.88. The van der Waals surface area contributed by atoms with Crippen molar-refractivity contribution >= 4 is 28.8 Å². The average Bonchev–Trinajstić information content (AvgIpc) is 2.96. The molecule has 162 valence electrons. The second-order valence-corrected chi connectivity index (χ2v) is 8.48. The Balaban J connectivity index is 1.62. The number of carbonyl (C=O) groups is 1. The zero-order valence-corrected chi connectivity index (χ0v) is 18.2. The number of rotatable bonds is 3. The van der Waals surface area contributed by atoms with Gasteiger partial charge in [0, 0.05) is 28.3 Å². The lowest BCUT2D eigenvalue weighted by atomic mass is 9.78. The molecule has 2 aliphatic rings. The van der Waals surface area contributed by atoms with E-state index in [1.807, 2.05) is 48.5 Å². The number of ketones is 1. The number of halogens is 2. The van der Waals surface area contributed by atoms with E-state index in [1.165, 1.54) is 6.07 Å². The van der Waals surface area contributed by atoms with E-state index in [-0.39, 0.29) is 17.3 Å². The maximum absolute atomic E-state index is 15.0. The summed E-state index contributed by atoms with van der Waals surface area (Å²) in [5, 5.41) is 7.12. The summed E-state index contributed by atoms with van der Waals surface area (Å²) in [4.78, 5) is 13.5. The van der Waals surface area contributed by atoms with E-state index in [0.717, 1.165) is 28.4 Å². The van der Waals surface area contributed by atoms with Crippen LogP contribution in [0.1, 0.15) is 35.9 Å². The number of carbonyl (C=O) groups excluding carboxylic acids is 1. The third-order valence-corrected chi connectivity index (χ3v) is 6.51. The molecule has 6 heteroatoms. The number of methoxy groups -OCH3 is 1. The van der Waals surface area contributed by atoms with Crippen molar-refractivity contribution in [3.8, 4) is 5.75 Å². The predicted molar refractivity (Wildman–Crippen MR) is 125 cm³/mol. The van der Waals surface area contributed by atoms with Crippen molar-refractivity contribution in [3.63, 3.8) is 0 Å². The molecule has 0 unspecified atom stereocenters. The Kier molecular flexibility index (Phi) is 5.35. The molecule has 3 aromatic rings. The Labute approximate surface area is 191 Å². The zero-order valence-electron chi connectivity index (χ0n) is 17.5. The van der Waals surface area contributed by atoms with Gasteiger partial charge in [0.15, 0.2) is 5.78 Å². The van der Waals surface area contributed by atoms with E-state index >= 15 is 0 Å². The normalized spacial score (nSPS) is 19.9. The van der Waals surface area contributed by atoms with Crippen molar-refractivity contribution in [2.75, 3.05) is 17.7 Å². The number of ether oxygens (including phenoxy) is 1. The lowest BCUT2D eigenvalue weighted by Gasteiger charge is -2.30. The van der Waals surface area contributed by atoms with E-state index in [2.05, 4.69) is 10.6 Å². The molecule has 0 amide bonds. The molecule has 1 heterocycles. The maximum atomic E-state index is 15.0. The molecular weight excluding hydrogens is 427 g/mol. The Morgan fingerprint density at radius 3 is 2.44 bits per heavy atom. The predicted octanol–water partition coefficient (Wildman–Crippen LogP) is 6.47. The van der Waals surface area contributed by atoms with Crippen LogP contribution in [-0.4, -0.2) is 12.9 Å². The lowest BCUT2D eigenvalue weighted by molar-refractivity contribution is -0.116. The number of hydrogen-bond donors (Lipinski definition) is 2. The number of hydrogen-bond acceptors (Lipinski definition) is 4. The highest BCUT2D eigenvalue weighted by atomic mass is 35.5. The molecule has 0 fully saturated rings. The van der Waals surface area contributed by atoms with Crippen LogP contribution in [0.4, 0.5) is 15.8 Å². The van der Waals surface area contributed by atoms with Crippen molar-refractivity contribution in [2.24, 2.45) is 0 Å². The molecule has 4 nitrogen and oxygen atoms in total. The molecule has 32 heavy (non-hydrogen) atoms. The third kappa shape index (κ3) is 3.63. The number of benzene rings is 3. The minimum atomic E-state index is -0.681. The molecule has 5 rings (SSSR count). The van der Waals surface area contributed by atoms with Gasteiger partial charge in [-0.1, -0.05) is 41.9 Å². The summed E-state index contributed by atoms with van der Waals surface area (Å²) in [6, 6.07) is 19.4. The number of allylic oxidation sites excluding steroid dienone is 1. The van der Waals surface area contributed by atoms with Crippen molar-refractivity contribution in [2.45, 2.75) is 24.8 Å². The van der Waals surface area contributed by atoms with Gasteiger partial charge >= 0.3 is 0 Å². The van der Waals surface area contributed by atoms with E-state index in [0.29, 0.717) is 23.4 Å². The monoisotopic (exact) mass is 448 g/mol. The quantitative estimate of drug-likeness (QED) is 0.482. The van der Waals surface area contributed by atoms with Gasteiger partial charge in [0.25, 0.3) is 0 Å². The average molecular weight is 449 g/mol. The molecule has 3 aromatic carbocycles. The van der Waals surface area contributed by atoms with Crippen LogP contribution < -0.4 is 15.4 Å². The van der Waals surface area contributed by atoms with Crippen molar-refractivity contribution < 1.29 is 13.9 Å². The summed E-state index contributed by atoms with van der Waals surface area (Å²) in [6.07, 6.45) is 0.972. The second kappa shape index (κ2) is 8.32. The number of para-hydroxylation sites is 2. The SMILES string of the molecule is COc1ccc([C@@H]2CC(=O)C3=C(C2)Nc2ccccc2N[C@H]3c2c(F)cccc2Cl)cc1. The van der Waals surface area contributed by atoms with Crippen LogP contribution in [0.3, 0.4) is 0 Å². The summed E-state index contributed by atoms with van der Waals surface area (Å²) in [5.74, 6) is 0.327. The van der Waals surface area contributed by atoms with Gasteiger partial charge in [0.1, 0.15) is 11.6 Å². The lowest BCUT2D eigenvalue weighted by Crippen LogP contribution is -2.27. The largest absolute Gasteiger partial charge is 0.497 e. The first kappa shape index (κ1) is 20.6. The highest BCUT2D eigenvalue weighted by Gasteiger charge is 2.37. The summed E-state index contributed by atoms with van der Waals surface area (Å²) in [5.41, 5.74) is 4.33. The van der Waals surface area contributed by atoms with Gasteiger partial charge in [-0.25, -0.2) is 4.39 Å².